The van der Waals surface area contributed by atoms with E-state index in [0.717, 1.165) is 5.56 Å². The Morgan fingerprint density at radius 1 is 1.47 bits per heavy atom. The van der Waals surface area contributed by atoms with Crippen molar-refractivity contribution in [3.63, 3.8) is 0 Å². The highest BCUT2D eigenvalue weighted by Gasteiger charge is 2.17. The van der Waals surface area contributed by atoms with E-state index in [1.807, 2.05) is 0 Å². The van der Waals surface area contributed by atoms with Gasteiger partial charge in [0.15, 0.2) is 0 Å². The van der Waals surface area contributed by atoms with Gasteiger partial charge in [0, 0.05) is 30.4 Å². The van der Waals surface area contributed by atoms with Gasteiger partial charge >= 0.3 is 0 Å². The van der Waals surface area contributed by atoms with Crippen LogP contribution >= 0.6 is 11.6 Å². The number of nitrogens with one attached hydrogen (secondary N) is 1. The Hall–Kier alpha value is -1.57. The Morgan fingerprint density at radius 2 is 2.21 bits per heavy atom. The topological polar surface area (TPSA) is 90.0 Å². The van der Waals surface area contributed by atoms with Crippen LogP contribution in [0.15, 0.2) is 35.5 Å². The van der Waals surface area contributed by atoms with Crippen LogP contribution < -0.4 is 10.5 Å². The minimum Gasteiger partial charge on any atom is -0.398 e. The molecule has 0 saturated heterocycles. The molecule has 1 heterocycles. The standard InChI is InChI=1S/C11H13ClN4O2S/c1-16-7-8(5-14-16)6-15-19(17,18)11-4-9(12)2-3-10(11)13/h2-5,7,15H,6,13H2,1H3. The van der Waals surface area contributed by atoms with Crippen molar-refractivity contribution >= 4 is 27.3 Å². The normalized spacial score (nSPS) is 11.7. The van der Waals surface area contributed by atoms with Crippen molar-refractivity contribution in [3.05, 3.63) is 41.2 Å². The average molecular weight is 301 g/mol. The van der Waals surface area contributed by atoms with Crippen molar-refractivity contribution < 1.29 is 8.42 Å². The maximum absolute atomic E-state index is 12.1. The molecule has 19 heavy (non-hydrogen) atoms. The van der Waals surface area contributed by atoms with Gasteiger partial charge in [-0.15, -0.1) is 0 Å². The monoisotopic (exact) mass is 300 g/mol. The van der Waals surface area contributed by atoms with Crippen LogP contribution in [0.1, 0.15) is 5.56 Å². The lowest BCUT2D eigenvalue weighted by Gasteiger charge is -2.08. The maximum atomic E-state index is 12.1. The number of rotatable bonds is 4. The van der Waals surface area contributed by atoms with E-state index >= 15 is 0 Å². The summed E-state index contributed by atoms with van der Waals surface area (Å²) < 4.78 is 28.3. The molecule has 0 aliphatic heterocycles. The highest BCUT2D eigenvalue weighted by molar-refractivity contribution is 7.89. The van der Waals surface area contributed by atoms with Gasteiger partial charge in [-0.3, -0.25) is 4.68 Å². The first-order valence-electron chi connectivity index (χ1n) is 5.41. The van der Waals surface area contributed by atoms with Crippen molar-refractivity contribution in [2.24, 2.45) is 7.05 Å². The zero-order valence-electron chi connectivity index (χ0n) is 10.2. The van der Waals surface area contributed by atoms with Gasteiger partial charge in [-0.05, 0) is 18.2 Å². The summed E-state index contributed by atoms with van der Waals surface area (Å²) in [5, 5.41) is 4.27. The van der Waals surface area contributed by atoms with Crippen LogP contribution in [-0.2, 0) is 23.6 Å². The quantitative estimate of drug-likeness (QED) is 0.828. The molecule has 0 aliphatic rings. The lowest BCUT2D eigenvalue weighted by Crippen LogP contribution is -2.24. The average Bonchev–Trinajstić information content (AvgIpc) is 2.76. The summed E-state index contributed by atoms with van der Waals surface area (Å²) in [6, 6.07) is 4.32. The molecular weight excluding hydrogens is 288 g/mol. The number of benzene rings is 1. The number of hydrogen-bond acceptors (Lipinski definition) is 4. The maximum Gasteiger partial charge on any atom is 0.242 e. The molecule has 0 amide bonds. The third-order valence-electron chi connectivity index (χ3n) is 2.49. The van der Waals surface area contributed by atoms with E-state index < -0.39 is 10.0 Å². The zero-order valence-corrected chi connectivity index (χ0v) is 11.7. The number of anilines is 1. The SMILES string of the molecule is Cn1cc(CNS(=O)(=O)c2cc(Cl)ccc2N)cn1. The summed E-state index contributed by atoms with van der Waals surface area (Å²) in [5.74, 6) is 0. The van der Waals surface area contributed by atoms with E-state index in [1.54, 1.807) is 24.1 Å². The molecule has 0 aliphatic carbocycles. The van der Waals surface area contributed by atoms with Gasteiger partial charge < -0.3 is 5.73 Å². The molecule has 0 unspecified atom stereocenters. The Kier molecular flexibility index (Phi) is 3.79. The van der Waals surface area contributed by atoms with E-state index in [4.69, 9.17) is 17.3 Å². The van der Waals surface area contributed by atoms with Gasteiger partial charge in [-0.25, -0.2) is 13.1 Å². The molecule has 0 fully saturated rings. The molecule has 1 aromatic carbocycles. The molecule has 2 rings (SSSR count). The number of aryl methyl sites for hydroxylation is 1. The minimum absolute atomic E-state index is 0.0242. The van der Waals surface area contributed by atoms with Crippen LogP contribution in [0, 0.1) is 0 Å². The highest BCUT2D eigenvalue weighted by atomic mass is 35.5. The second-order valence-electron chi connectivity index (χ2n) is 4.03. The van der Waals surface area contributed by atoms with Crippen LogP contribution in [0.25, 0.3) is 0 Å². The van der Waals surface area contributed by atoms with E-state index in [-0.39, 0.29) is 17.1 Å². The Balaban J connectivity index is 2.20. The van der Waals surface area contributed by atoms with E-state index in [9.17, 15) is 8.42 Å². The number of sulfonamides is 1. The lowest BCUT2D eigenvalue weighted by molar-refractivity contribution is 0.581. The molecule has 0 saturated carbocycles. The summed E-state index contributed by atoms with van der Waals surface area (Å²) in [6.45, 7) is 0.141. The van der Waals surface area contributed by atoms with Crippen LogP contribution in [0.4, 0.5) is 5.69 Å². The number of aromatic nitrogens is 2. The largest absolute Gasteiger partial charge is 0.398 e. The first-order valence-corrected chi connectivity index (χ1v) is 7.27. The first kappa shape index (κ1) is 13.9. The molecule has 0 radical (unpaired) electrons. The molecular formula is C11H13ClN4O2S. The Labute approximate surface area is 116 Å². The van der Waals surface area contributed by atoms with Crippen molar-refractivity contribution in [1.82, 2.24) is 14.5 Å². The summed E-state index contributed by atoms with van der Waals surface area (Å²) >= 11 is 5.78. The Bertz CT molecular complexity index is 696. The second-order valence-corrected chi connectivity index (χ2v) is 6.20. The van der Waals surface area contributed by atoms with Gasteiger partial charge in [-0.1, -0.05) is 11.6 Å². The molecule has 0 spiro atoms. The molecule has 3 N–H and O–H groups in total. The van der Waals surface area contributed by atoms with Crippen LogP contribution in [0.5, 0.6) is 0 Å². The van der Waals surface area contributed by atoms with Gasteiger partial charge in [0.25, 0.3) is 0 Å². The molecule has 102 valence electrons. The molecule has 6 nitrogen and oxygen atoms in total. The first-order chi connectivity index (χ1) is 8.88. The van der Waals surface area contributed by atoms with Crippen LogP contribution in [0.2, 0.25) is 5.02 Å². The van der Waals surface area contributed by atoms with Crippen molar-refractivity contribution in [2.75, 3.05) is 5.73 Å². The summed E-state index contributed by atoms with van der Waals surface area (Å²) in [4.78, 5) is -0.0242. The fraction of sp³-hybridized carbons (Fsp3) is 0.182. The molecule has 0 bridgehead atoms. The molecule has 2 aromatic rings. The summed E-state index contributed by atoms with van der Waals surface area (Å²) in [7, 11) is -1.94. The van der Waals surface area contributed by atoms with Gasteiger partial charge in [0.2, 0.25) is 10.0 Å². The van der Waals surface area contributed by atoms with Crippen LogP contribution in [0.3, 0.4) is 0 Å². The Morgan fingerprint density at radius 3 is 2.84 bits per heavy atom. The van der Waals surface area contributed by atoms with Gasteiger partial charge in [-0.2, -0.15) is 5.10 Å². The van der Waals surface area contributed by atoms with Crippen LogP contribution in [-0.4, -0.2) is 18.2 Å². The summed E-state index contributed by atoms with van der Waals surface area (Å²) in [6.07, 6.45) is 3.31. The fourth-order valence-corrected chi connectivity index (χ4v) is 2.97. The smallest absolute Gasteiger partial charge is 0.242 e. The number of hydrogen-bond donors (Lipinski definition) is 2. The van der Waals surface area contributed by atoms with Crippen molar-refractivity contribution in [3.8, 4) is 0 Å². The lowest BCUT2D eigenvalue weighted by atomic mass is 10.3. The predicted octanol–water partition coefficient (Wildman–Crippen LogP) is 1.13. The highest BCUT2D eigenvalue weighted by Crippen LogP contribution is 2.22. The van der Waals surface area contributed by atoms with E-state index in [0.29, 0.717) is 5.02 Å². The molecule has 1 aromatic heterocycles. The summed E-state index contributed by atoms with van der Waals surface area (Å²) in [5.41, 5.74) is 6.57. The molecule has 8 heteroatoms. The van der Waals surface area contributed by atoms with E-state index in [1.165, 1.54) is 18.2 Å². The second kappa shape index (κ2) is 5.20. The molecule has 0 atom stereocenters. The van der Waals surface area contributed by atoms with Crippen molar-refractivity contribution in [2.45, 2.75) is 11.4 Å². The predicted molar refractivity (Wildman–Crippen MR) is 73.1 cm³/mol. The number of halogens is 1. The minimum atomic E-state index is -3.70. The van der Waals surface area contributed by atoms with Crippen molar-refractivity contribution in [1.29, 1.82) is 0 Å². The third-order valence-corrected chi connectivity index (χ3v) is 4.18. The van der Waals surface area contributed by atoms with Gasteiger partial charge in [0.1, 0.15) is 4.90 Å². The van der Waals surface area contributed by atoms with Gasteiger partial charge in [0.05, 0.1) is 11.9 Å². The van der Waals surface area contributed by atoms with E-state index in [2.05, 4.69) is 9.82 Å². The number of nitrogens with zero attached hydrogens (tertiary/aromatic N) is 2. The number of nitrogens with two attached hydrogens (primary N) is 1. The fourth-order valence-electron chi connectivity index (χ4n) is 1.56. The zero-order chi connectivity index (χ0) is 14.0. The third kappa shape index (κ3) is 3.25. The number of nitrogen functional groups attached to an aromatic ring is 1.